The minimum absolute atomic E-state index is 0.0431. The molecule has 0 spiro atoms. The van der Waals surface area contributed by atoms with Gasteiger partial charge < -0.3 is 108 Å². The van der Waals surface area contributed by atoms with Crippen LogP contribution in [0.3, 0.4) is 0 Å². The first-order chi connectivity index (χ1) is 60.5. The third-order valence-electron chi connectivity index (χ3n) is 20.8. The topological polar surface area (TPSA) is 535 Å². The number of alkyl halides is 3. The summed E-state index contributed by atoms with van der Waals surface area (Å²) in [5, 5.41) is 60.6. The lowest BCUT2D eigenvalue weighted by Gasteiger charge is -2.21. The van der Waals surface area contributed by atoms with E-state index in [2.05, 4.69) is 88.6 Å². The van der Waals surface area contributed by atoms with Crippen LogP contribution in [-0.4, -0.2) is 172 Å². The molecule has 0 radical (unpaired) electrons. The number of carboxylic acid groups (broad SMARTS) is 3. The van der Waals surface area contributed by atoms with E-state index < -0.39 is 30.2 Å². The number of rotatable bonds is 19. The number of nitrogens with zero attached hydrogens (tertiary/aromatic N) is 12. The molecule has 3 fully saturated rings. The quantitative estimate of drug-likeness (QED) is 0.0452. The van der Waals surface area contributed by atoms with E-state index in [1.807, 2.05) is 99.8 Å². The predicted octanol–water partition coefficient (Wildman–Crippen LogP) is 5.85. The number of benzene rings is 6. The van der Waals surface area contributed by atoms with Gasteiger partial charge >= 0.3 is 6.36 Å². The summed E-state index contributed by atoms with van der Waals surface area (Å²) >= 11 is 0. The van der Waals surface area contributed by atoms with Gasteiger partial charge in [-0.1, -0.05) is 60.2 Å². The van der Waals surface area contributed by atoms with E-state index >= 15 is 0 Å². The van der Waals surface area contributed by atoms with E-state index in [4.69, 9.17) is 76.4 Å². The van der Waals surface area contributed by atoms with Crippen LogP contribution in [0.2, 0.25) is 0 Å². The van der Waals surface area contributed by atoms with Gasteiger partial charge in [0.25, 0.3) is 11.8 Å². The van der Waals surface area contributed by atoms with Crippen LogP contribution in [0.15, 0.2) is 152 Å². The number of halogens is 3. The molecule has 0 bridgehead atoms. The van der Waals surface area contributed by atoms with Gasteiger partial charge in [0.15, 0.2) is 16.9 Å². The predicted molar refractivity (Wildman–Crippen MR) is 459 cm³/mol. The van der Waals surface area contributed by atoms with E-state index in [0.717, 1.165) is 167 Å². The summed E-state index contributed by atoms with van der Waals surface area (Å²) in [4.78, 5) is 97.6. The molecule has 658 valence electrons. The normalized spacial score (nSPS) is 13.5. The van der Waals surface area contributed by atoms with Crippen LogP contribution >= 0.6 is 0 Å². The first-order valence-electron chi connectivity index (χ1n) is 40.5. The third-order valence-corrected chi connectivity index (χ3v) is 20.8. The summed E-state index contributed by atoms with van der Waals surface area (Å²) in [6, 6.07) is 40.5. The van der Waals surface area contributed by atoms with Crippen LogP contribution < -0.4 is 83.4 Å². The van der Waals surface area contributed by atoms with E-state index in [0.29, 0.717) is 103 Å². The number of piperidine rings is 3. The lowest BCUT2D eigenvalue weighted by molar-refractivity contribution is -0.664. The molecule has 39 heteroatoms. The molecule has 11 heterocycles. The van der Waals surface area contributed by atoms with Crippen molar-refractivity contribution in [3.8, 4) is 56.8 Å². The number of H-pyrrole nitrogens is 2. The van der Waals surface area contributed by atoms with Crippen molar-refractivity contribution >= 4 is 125 Å². The van der Waals surface area contributed by atoms with Gasteiger partial charge in [0.2, 0.25) is 5.91 Å². The van der Waals surface area contributed by atoms with E-state index in [1.54, 1.807) is 32.4 Å². The van der Waals surface area contributed by atoms with Crippen molar-refractivity contribution in [1.82, 2.24) is 69.2 Å². The first-order valence-corrected chi connectivity index (χ1v) is 40.5. The number of amides is 3. The standard InChI is InChI=1S/C27H25F3N8O3.C27H28N8O2.C27H31N7O2.3C2H4O2/c1-40-21-12-14(23-22-24(31)33-13-34-25(22)38(37-23)16-6-8-32-9-7-16)2-4-19(21)36-26(39)20-11-15-10-17(41-27(28,29)30)3-5-18(15)35-20;1-15-3-5-19-17(11-15)12-21(32-19)27(36)33-20-6-4-16(13-22(20)37-2)24-23-25(28)30-14-31-26(23)35(34-24)18-7-9-29-10-8-18;1-36-22-16-19(10-11-21(22)32-23(35)9-5-8-18-6-3-2-4-7-18)25-24-26(28)30-17-31-27(24)34(33-25)20-12-14-29-15-13-20;3*1-2(3)4/h2-5,10-13,16,32,35H,6-9H2,1H3,(H,36,39)(H2,31,33,34);3-6,11-14,18,29,32H,7-10H2,1-2H3,(H,33,36)(H2,28,30,31);2-4,6-7,10-11,16-17,20,29H,5,8-9,12-15H2,1H3,(H,32,35)(H2,28,30,31);3*1H3,(H,3,4). The zero-order chi connectivity index (χ0) is 89.9. The Morgan fingerprint density at radius 3 is 1.20 bits per heavy atom. The van der Waals surface area contributed by atoms with E-state index in [-0.39, 0.29) is 41.4 Å². The summed E-state index contributed by atoms with van der Waals surface area (Å²) in [5.74, 6) is -1.87. The molecule has 36 nitrogen and oxygen atoms in total. The summed E-state index contributed by atoms with van der Waals surface area (Å²) in [5.41, 5.74) is 31.4. The second-order valence-electron chi connectivity index (χ2n) is 29.8. The molecule has 8 aromatic heterocycles. The molecule has 17 N–H and O–H groups in total. The molecule has 126 heavy (non-hydrogen) atoms. The zero-order valence-corrected chi connectivity index (χ0v) is 70.0. The number of aliphatic carboxylic acids is 3. The number of aryl methyl sites for hydroxylation is 2. The number of hydrogen-bond acceptors (Lipinski definition) is 25. The van der Waals surface area contributed by atoms with Crippen molar-refractivity contribution in [3.05, 3.63) is 175 Å². The molecule has 17 rings (SSSR count). The number of nitrogens with one attached hydrogen (secondary N) is 5. The lowest BCUT2D eigenvalue weighted by atomic mass is 10.1. The Hall–Kier alpha value is -14.9. The van der Waals surface area contributed by atoms with E-state index in [1.165, 1.54) is 55.9 Å². The number of aromatic nitrogens is 14. The molecule has 0 aliphatic carbocycles. The fourth-order valence-electron chi connectivity index (χ4n) is 15.1. The van der Waals surface area contributed by atoms with Gasteiger partial charge in [-0.05, 0) is 125 Å². The van der Waals surface area contributed by atoms with Crippen LogP contribution in [0.25, 0.3) is 88.7 Å². The molecule has 3 amide bonds. The largest absolute Gasteiger partial charge is 0.573 e. The van der Waals surface area contributed by atoms with Crippen molar-refractivity contribution in [2.75, 3.05) is 93.7 Å². The number of carbonyl (C=O) groups is 6. The van der Waals surface area contributed by atoms with Crippen molar-refractivity contribution in [3.63, 3.8) is 0 Å². The van der Waals surface area contributed by atoms with Gasteiger partial charge in [-0.2, -0.15) is 15.3 Å². The molecule has 6 aromatic carbocycles. The second kappa shape index (κ2) is 41.3. The fraction of sp³-hybridized carbons (Fsp3) is 0.299. The van der Waals surface area contributed by atoms with Crippen molar-refractivity contribution < 1.29 is 92.2 Å². The Balaban J connectivity index is 0.000000161. The van der Waals surface area contributed by atoms with Crippen LogP contribution in [0.1, 0.15) is 122 Å². The number of methoxy groups -OCH3 is 3. The van der Waals surface area contributed by atoms with Crippen molar-refractivity contribution in [1.29, 1.82) is 0 Å². The van der Waals surface area contributed by atoms with E-state index in [9.17, 15) is 27.6 Å². The fourth-order valence-corrected chi connectivity index (χ4v) is 15.1. The van der Waals surface area contributed by atoms with Gasteiger partial charge in [0.05, 0.1) is 112 Å². The monoisotopic (exact) mass is 1730 g/mol. The summed E-state index contributed by atoms with van der Waals surface area (Å²) in [6.45, 7) is 11.2. The number of ether oxygens (including phenoxy) is 4. The van der Waals surface area contributed by atoms with Gasteiger partial charge in [-0.3, -0.25) is 14.4 Å². The number of quaternary nitrogens is 3. The second-order valence-corrected chi connectivity index (χ2v) is 29.8. The summed E-state index contributed by atoms with van der Waals surface area (Å²) in [7, 11) is 4.65. The average Bonchev–Trinajstić information content (AvgIpc) is 1.62. The highest BCUT2D eigenvalue weighted by molar-refractivity contribution is 6.09. The van der Waals surface area contributed by atoms with Crippen LogP contribution in [0, 0.1) is 6.92 Å². The zero-order valence-electron chi connectivity index (χ0n) is 70.0. The van der Waals surface area contributed by atoms with Crippen molar-refractivity contribution in [2.24, 2.45) is 0 Å². The maximum atomic E-state index is 13.1. The van der Waals surface area contributed by atoms with Gasteiger partial charge in [-0.25, -0.2) is 43.9 Å². The highest BCUT2D eigenvalue weighted by Gasteiger charge is 2.33. The average molecular weight is 1730 g/mol. The SMILES string of the molecule is CC(=O)[O-].CC(=O)[O-].CC(=O)[O-].COc1cc(-c2nn(C3CC[NH2+]CC3)c3ncnc(N)c23)ccc1NC(=O)CCCc1ccccc1.COc1cc(-c2nn(C3CC[NH2+]CC3)c3ncnc(N)c23)ccc1NC(=O)c1cc2cc(C)ccc2[nH]1.COc1cc(-c2nn(C3CC[NH2+]CC3)c3ncnc(N)c23)ccc1NC(=O)c1cc2cc(OC(F)(F)F)ccc2[nH]1. The summed E-state index contributed by atoms with van der Waals surface area (Å²) in [6.07, 6.45) is 7.66. The van der Waals surface area contributed by atoms with Crippen LogP contribution in [0.5, 0.6) is 23.0 Å². The number of nitrogens with two attached hydrogens (primary N) is 6. The Kier molecular flexibility index (Phi) is 29.7. The molecule has 0 atom stereocenters. The maximum Gasteiger partial charge on any atom is 0.573 e. The Bertz CT molecular complexity index is 6190. The first kappa shape index (κ1) is 90.4. The van der Waals surface area contributed by atoms with Gasteiger partial charge in [0, 0.05) is 101 Å². The smallest absolute Gasteiger partial charge is 0.550 e. The number of carbonyl (C=O) groups excluding carboxylic acids is 6. The number of hydrogen-bond donors (Lipinski definition) is 11. The molecule has 0 saturated carbocycles. The number of nitrogen functional groups attached to an aromatic ring is 3. The van der Waals surface area contributed by atoms with Crippen molar-refractivity contribution in [2.45, 2.75) is 110 Å². The minimum Gasteiger partial charge on any atom is -0.550 e. The molecular formula is C87H96F3N23O13. The molecule has 3 aliphatic heterocycles. The van der Waals surface area contributed by atoms with Crippen LogP contribution in [0.4, 0.5) is 47.7 Å². The maximum absolute atomic E-state index is 13.1. The number of anilines is 6. The number of aromatic amines is 2. The summed E-state index contributed by atoms with van der Waals surface area (Å²) < 4.78 is 64.5. The Morgan fingerprint density at radius 1 is 0.476 bits per heavy atom. The molecular weight excluding hydrogens is 1630 g/mol. The Morgan fingerprint density at radius 2 is 0.833 bits per heavy atom. The molecule has 0 unspecified atom stereocenters. The molecule has 3 aliphatic rings. The van der Waals surface area contributed by atoms with Gasteiger partial charge in [-0.15, -0.1) is 13.2 Å². The number of carboxylic acids is 3. The highest BCUT2D eigenvalue weighted by atomic mass is 19.4. The Labute approximate surface area is 718 Å². The third kappa shape index (κ3) is 22.7. The van der Waals surface area contributed by atoms with Crippen LogP contribution in [-0.2, 0) is 25.6 Å². The highest BCUT2D eigenvalue weighted by Crippen LogP contribution is 2.42. The molecule has 14 aromatic rings. The molecule has 3 saturated heterocycles. The van der Waals surface area contributed by atoms with Gasteiger partial charge in [0.1, 0.15) is 87.9 Å². The number of fused-ring (bicyclic) bond motifs is 5. The lowest BCUT2D eigenvalue weighted by Crippen LogP contribution is -2.86. The minimum atomic E-state index is -4.81.